The number of hydrogen-bond acceptors (Lipinski definition) is 4. The fourth-order valence-corrected chi connectivity index (χ4v) is 2.30. The highest BCUT2D eigenvalue weighted by Gasteiger charge is 2.34. The normalized spacial score (nSPS) is 12.3. The summed E-state index contributed by atoms with van der Waals surface area (Å²) < 4.78 is 54.7. The minimum absolute atomic E-state index is 0.0671. The molecule has 0 aliphatic carbocycles. The molecule has 0 aliphatic heterocycles. The van der Waals surface area contributed by atoms with Gasteiger partial charge in [0, 0.05) is 13.2 Å². The first-order chi connectivity index (χ1) is 12.2. The van der Waals surface area contributed by atoms with E-state index in [1.54, 1.807) is 6.92 Å². The first-order valence-corrected chi connectivity index (χ1v) is 7.15. The summed E-state index contributed by atoms with van der Waals surface area (Å²) in [6.07, 6.45) is -3.89. The number of ether oxygens (including phenoxy) is 1. The molecule has 0 atom stereocenters. The fourth-order valence-electron chi connectivity index (χ4n) is 2.30. The molecule has 0 saturated heterocycles. The highest BCUT2D eigenvalue weighted by atomic mass is 19.4. The minimum Gasteiger partial charge on any atom is -0.487 e. The number of tetrazole rings is 1. The number of benzene rings is 1. The van der Waals surface area contributed by atoms with Gasteiger partial charge in [0.05, 0.1) is 12.8 Å². The second kappa shape index (κ2) is 6.11. The van der Waals surface area contributed by atoms with Crippen LogP contribution in [0, 0.1) is 6.92 Å². The van der Waals surface area contributed by atoms with Crippen molar-refractivity contribution >= 4 is 0 Å². The van der Waals surface area contributed by atoms with E-state index in [-0.39, 0.29) is 22.0 Å². The molecule has 2 heterocycles. The number of para-hydroxylation sites is 1. The minimum atomic E-state index is -4.69. The van der Waals surface area contributed by atoms with E-state index >= 15 is 0 Å². The van der Waals surface area contributed by atoms with Crippen LogP contribution in [0.25, 0.3) is 5.69 Å². The first kappa shape index (κ1) is 15.5. The van der Waals surface area contributed by atoms with Crippen LogP contribution in [0.2, 0.25) is 0 Å². The standard InChI is InChI=1S/C15H14F3N5O2/c1-10-5-3-4-6-13(10)25-9-12-11(7-8-22(12)15(16,17)18)23-14(24)21(2)19-20-23/h3-8H,9H2,1-2H3/i3T. The van der Waals surface area contributed by atoms with E-state index in [0.717, 1.165) is 21.6 Å². The molecule has 3 aromatic rings. The van der Waals surface area contributed by atoms with Gasteiger partial charge in [0.2, 0.25) is 0 Å². The van der Waals surface area contributed by atoms with Crippen LogP contribution in [0.15, 0.2) is 41.3 Å². The largest absolute Gasteiger partial charge is 0.488 e. The van der Waals surface area contributed by atoms with E-state index in [0.29, 0.717) is 11.3 Å². The molecule has 0 amide bonds. The summed E-state index contributed by atoms with van der Waals surface area (Å²) in [6.45, 7) is 1.23. The molecular weight excluding hydrogens is 339 g/mol. The quantitative estimate of drug-likeness (QED) is 0.719. The molecule has 3 rings (SSSR count). The Kier molecular flexibility index (Phi) is 3.79. The second-order valence-electron chi connectivity index (χ2n) is 5.26. The molecule has 7 nitrogen and oxygen atoms in total. The molecule has 0 unspecified atom stereocenters. The van der Waals surface area contributed by atoms with Crippen molar-refractivity contribution < 1.29 is 19.3 Å². The van der Waals surface area contributed by atoms with E-state index in [1.807, 2.05) is 0 Å². The Labute approximate surface area is 141 Å². The van der Waals surface area contributed by atoms with E-state index in [4.69, 9.17) is 6.11 Å². The predicted molar refractivity (Wildman–Crippen MR) is 81.4 cm³/mol. The lowest BCUT2D eigenvalue weighted by atomic mass is 10.2. The van der Waals surface area contributed by atoms with Crippen molar-refractivity contribution in [3.8, 4) is 11.4 Å². The summed E-state index contributed by atoms with van der Waals surface area (Å²) in [5.41, 5.74) is -0.439. The van der Waals surface area contributed by atoms with Crippen LogP contribution >= 0.6 is 0 Å². The zero-order valence-electron chi connectivity index (χ0n) is 14.3. The summed E-state index contributed by atoms with van der Waals surface area (Å²) in [4.78, 5) is 12.0. The van der Waals surface area contributed by atoms with Gasteiger partial charge in [0.25, 0.3) is 0 Å². The Bertz CT molecular complexity index is 1010. The lowest BCUT2D eigenvalue weighted by Crippen LogP contribution is -2.25. The van der Waals surface area contributed by atoms with E-state index < -0.39 is 18.6 Å². The highest BCUT2D eigenvalue weighted by Crippen LogP contribution is 2.29. The number of alkyl halides is 3. The number of aryl methyl sites for hydroxylation is 2. The van der Waals surface area contributed by atoms with Gasteiger partial charge in [-0.15, -0.1) is 13.2 Å². The average molecular weight is 355 g/mol. The Hall–Kier alpha value is -3.04. The van der Waals surface area contributed by atoms with Crippen molar-refractivity contribution in [2.75, 3.05) is 0 Å². The molecule has 0 fully saturated rings. The van der Waals surface area contributed by atoms with Crippen LogP contribution in [0.5, 0.6) is 5.75 Å². The lowest BCUT2D eigenvalue weighted by molar-refractivity contribution is -0.205. The van der Waals surface area contributed by atoms with Gasteiger partial charge in [-0.05, 0) is 35.0 Å². The van der Waals surface area contributed by atoms with Gasteiger partial charge in [0.15, 0.2) is 0 Å². The summed E-state index contributed by atoms with van der Waals surface area (Å²) in [6, 6.07) is 5.90. The van der Waals surface area contributed by atoms with Crippen LogP contribution in [-0.4, -0.2) is 24.4 Å². The maximum atomic E-state index is 13.3. The third-order valence-corrected chi connectivity index (χ3v) is 3.57. The molecular formula is C15H14F3N5O2. The van der Waals surface area contributed by atoms with Crippen LogP contribution < -0.4 is 10.4 Å². The van der Waals surface area contributed by atoms with Crippen LogP contribution in [0.1, 0.15) is 12.6 Å². The van der Waals surface area contributed by atoms with Crippen molar-refractivity contribution in [3.63, 3.8) is 0 Å². The number of nitrogens with zero attached hydrogens (tertiary/aromatic N) is 5. The number of rotatable bonds is 4. The van der Waals surface area contributed by atoms with Crippen molar-refractivity contribution in [2.45, 2.75) is 19.8 Å². The van der Waals surface area contributed by atoms with E-state index in [2.05, 4.69) is 10.4 Å². The lowest BCUT2D eigenvalue weighted by Gasteiger charge is -2.15. The third-order valence-electron chi connectivity index (χ3n) is 3.57. The van der Waals surface area contributed by atoms with Crippen LogP contribution in [0.3, 0.4) is 0 Å². The van der Waals surface area contributed by atoms with Crippen molar-refractivity contribution in [1.29, 1.82) is 0 Å². The van der Waals surface area contributed by atoms with Crippen molar-refractivity contribution in [3.05, 3.63) is 58.2 Å². The molecule has 0 bridgehead atoms. The molecule has 132 valence electrons. The number of halogens is 3. The van der Waals surface area contributed by atoms with Crippen LogP contribution in [0.4, 0.5) is 13.2 Å². The first-order valence-electron chi connectivity index (χ1n) is 7.65. The molecule has 10 heteroatoms. The maximum Gasteiger partial charge on any atom is 0.488 e. The molecule has 0 spiro atoms. The number of aromatic nitrogens is 5. The summed E-state index contributed by atoms with van der Waals surface area (Å²) >= 11 is 0. The fraction of sp³-hybridized carbons (Fsp3) is 0.267. The topological polar surface area (TPSA) is 66.9 Å². The Balaban J connectivity index is 2.02. The second-order valence-corrected chi connectivity index (χ2v) is 5.26. The maximum absolute atomic E-state index is 13.3. The summed E-state index contributed by atoms with van der Waals surface area (Å²) in [5, 5.41) is 7.09. The van der Waals surface area contributed by atoms with Gasteiger partial charge in [-0.3, -0.25) is 4.57 Å². The Morgan fingerprint density at radius 1 is 1.28 bits per heavy atom. The molecule has 2 aromatic heterocycles. The van der Waals surface area contributed by atoms with Gasteiger partial charge in [-0.25, -0.2) is 4.79 Å². The van der Waals surface area contributed by atoms with Crippen LogP contribution in [-0.2, 0) is 20.0 Å². The van der Waals surface area contributed by atoms with Gasteiger partial charge in [-0.1, -0.05) is 18.2 Å². The predicted octanol–water partition coefficient (Wildman–Crippen LogP) is 2.13. The average Bonchev–Trinajstić information content (AvgIpc) is 3.10. The molecule has 0 aliphatic rings. The Morgan fingerprint density at radius 2 is 2.04 bits per heavy atom. The monoisotopic (exact) mass is 355 g/mol. The SMILES string of the molecule is [3H]c1ccc(OCc2c(-n3nnn(C)c3=O)ccn2C(F)(F)F)c(C)c1. The molecule has 25 heavy (non-hydrogen) atoms. The van der Waals surface area contributed by atoms with E-state index in [1.165, 1.54) is 25.2 Å². The Morgan fingerprint density at radius 3 is 2.64 bits per heavy atom. The van der Waals surface area contributed by atoms with Gasteiger partial charge < -0.3 is 4.74 Å². The van der Waals surface area contributed by atoms with Gasteiger partial charge >= 0.3 is 12.0 Å². The summed E-state index contributed by atoms with van der Waals surface area (Å²) in [7, 11) is 1.34. The van der Waals surface area contributed by atoms with Gasteiger partial charge in [0.1, 0.15) is 12.4 Å². The zero-order chi connectivity index (χ0) is 19.1. The van der Waals surface area contributed by atoms with E-state index in [9.17, 15) is 18.0 Å². The molecule has 0 radical (unpaired) electrons. The molecule has 0 N–H and O–H groups in total. The molecule has 0 saturated carbocycles. The van der Waals surface area contributed by atoms with Crippen molar-refractivity contribution in [1.82, 2.24) is 24.4 Å². The summed E-state index contributed by atoms with van der Waals surface area (Å²) in [5.74, 6) is 0.341. The smallest absolute Gasteiger partial charge is 0.487 e. The van der Waals surface area contributed by atoms with Gasteiger partial charge in [-0.2, -0.15) is 9.36 Å². The zero-order valence-corrected chi connectivity index (χ0v) is 13.3. The number of hydrogen-bond donors (Lipinski definition) is 0. The highest BCUT2D eigenvalue weighted by molar-refractivity contribution is 5.38. The molecule has 1 aromatic carbocycles. The van der Waals surface area contributed by atoms with Crippen molar-refractivity contribution in [2.24, 2.45) is 7.05 Å². The third kappa shape index (κ3) is 3.14.